The van der Waals surface area contributed by atoms with Gasteiger partial charge >= 0.3 is 0 Å². The van der Waals surface area contributed by atoms with E-state index in [4.69, 9.17) is 10.5 Å². The van der Waals surface area contributed by atoms with Crippen molar-refractivity contribution >= 4 is 5.91 Å². The molecule has 2 heterocycles. The van der Waals surface area contributed by atoms with E-state index in [1.807, 2.05) is 53.4 Å². The Labute approximate surface area is 162 Å². The summed E-state index contributed by atoms with van der Waals surface area (Å²) in [5.74, 6) is 1.03. The molecule has 1 aromatic heterocycles. The van der Waals surface area contributed by atoms with Crippen LogP contribution in [-0.4, -0.2) is 57.3 Å². The summed E-state index contributed by atoms with van der Waals surface area (Å²) >= 11 is 0. The van der Waals surface area contributed by atoms with Crippen molar-refractivity contribution in [3.8, 4) is 11.4 Å². The first kappa shape index (κ1) is 18.1. The van der Waals surface area contributed by atoms with Crippen molar-refractivity contribution in [1.82, 2.24) is 25.1 Å². The van der Waals surface area contributed by atoms with Crippen molar-refractivity contribution in [2.24, 2.45) is 5.73 Å². The third kappa shape index (κ3) is 3.72. The average molecular weight is 378 g/mol. The van der Waals surface area contributed by atoms with E-state index < -0.39 is 0 Å². The smallest absolute Gasteiger partial charge is 0.227 e. The minimum Gasteiger partial charge on any atom is -0.497 e. The highest BCUT2D eigenvalue weighted by atomic mass is 16.5. The Morgan fingerprint density at radius 3 is 2.54 bits per heavy atom. The maximum Gasteiger partial charge on any atom is 0.227 e. The largest absolute Gasteiger partial charge is 0.497 e. The molecule has 2 aromatic carbocycles. The molecule has 2 atom stereocenters. The van der Waals surface area contributed by atoms with Crippen LogP contribution in [0.5, 0.6) is 5.75 Å². The number of methoxy groups -OCH3 is 1. The molecule has 0 radical (unpaired) electrons. The molecule has 0 aliphatic carbocycles. The second-order valence-corrected chi connectivity index (χ2v) is 6.94. The summed E-state index contributed by atoms with van der Waals surface area (Å²) < 4.78 is 6.78. The lowest BCUT2D eigenvalue weighted by Crippen LogP contribution is -2.33. The number of nitrogens with two attached hydrogens (primary N) is 1. The van der Waals surface area contributed by atoms with Gasteiger partial charge in [0.2, 0.25) is 5.91 Å². The van der Waals surface area contributed by atoms with Crippen molar-refractivity contribution in [3.05, 3.63) is 66.0 Å². The molecule has 8 nitrogen and oxygen atoms in total. The van der Waals surface area contributed by atoms with E-state index in [1.54, 1.807) is 11.8 Å². The van der Waals surface area contributed by atoms with Gasteiger partial charge in [0.05, 0.1) is 19.2 Å². The van der Waals surface area contributed by atoms with E-state index >= 15 is 0 Å². The summed E-state index contributed by atoms with van der Waals surface area (Å²) in [4.78, 5) is 14.6. The van der Waals surface area contributed by atoms with Crippen LogP contribution in [0.2, 0.25) is 0 Å². The highest BCUT2D eigenvalue weighted by Gasteiger charge is 2.33. The van der Waals surface area contributed by atoms with Gasteiger partial charge in [-0.15, -0.1) is 5.10 Å². The van der Waals surface area contributed by atoms with Gasteiger partial charge in [-0.05, 0) is 45.8 Å². The van der Waals surface area contributed by atoms with Crippen LogP contribution in [-0.2, 0) is 11.2 Å². The van der Waals surface area contributed by atoms with Crippen LogP contribution in [0.4, 0.5) is 0 Å². The molecule has 8 heteroatoms. The Balaban J connectivity index is 1.39. The first-order valence-corrected chi connectivity index (χ1v) is 9.13. The zero-order valence-electron chi connectivity index (χ0n) is 15.6. The molecule has 4 rings (SSSR count). The number of aromatic nitrogens is 4. The maximum absolute atomic E-state index is 12.8. The van der Waals surface area contributed by atoms with Crippen LogP contribution in [0.3, 0.4) is 0 Å². The number of hydrogen-bond acceptors (Lipinski definition) is 6. The SMILES string of the molecule is COc1ccc([C@@H]2CN(C(=O)Cc3ccc(-n4cnnn4)cc3)C[C@H]2N)cc1. The van der Waals surface area contributed by atoms with Gasteiger partial charge in [-0.25, -0.2) is 4.68 Å². The third-order valence-corrected chi connectivity index (χ3v) is 5.17. The predicted molar refractivity (Wildman–Crippen MR) is 103 cm³/mol. The van der Waals surface area contributed by atoms with Crippen LogP contribution in [0, 0.1) is 0 Å². The molecule has 1 aliphatic heterocycles. The van der Waals surface area contributed by atoms with Gasteiger partial charge in [0, 0.05) is 25.0 Å². The quantitative estimate of drug-likeness (QED) is 0.715. The van der Waals surface area contributed by atoms with Gasteiger partial charge in [-0.1, -0.05) is 24.3 Å². The summed E-state index contributed by atoms with van der Waals surface area (Å²) in [5, 5.41) is 11.1. The lowest BCUT2D eigenvalue weighted by molar-refractivity contribution is -0.129. The minimum absolute atomic E-state index is 0.0699. The second kappa shape index (κ2) is 7.77. The number of benzene rings is 2. The highest BCUT2D eigenvalue weighted by Crippen LogP contribution is 2.28. The molecule has 1 fully saturated rings. The zero-order valence-corrected chi connectivity index (χ0v) is 15.6. The summed E-state index contributed by atoms with van der Waals surface area (Å²) in [6.07, 6.45) is 1.88. The van der Waals surface area contributed by atoms with Crippen molar-refractivity contribution in [2.75, 3.05) is 20.2 Å². The minimum atomic E-state index is -0.0699. The molecule has 2 N–H and O–H groups in total. The number of carbonyl (C=O) groups is 1. The average Bonchev–Trinajstić information content (AvgIpc) is 3.39. The van der Waals surface area contributed by atoms with Crippen LogP contribution < -0.4 is 10.5 Å². The van der Waals surface area contributed by atoms with E-state index in [2.05, 4.69) is 15.5 Å². The number of amides is 1. The molecule has 28 heavy (non-hydrogen) atoms. The van der Waals surface area contributed by atoms with Gasteiger partial charge < -0.3 is 15.4 Å². The van der Waals surface area contributed by atoms with Crippen LogP contribution in [0.25, 0.3) is 5.69 Å². The molecule has 0 saturated carbocycles. The standard InChI is InChI=1S/C20H22N6O2/c1-28-17-8-4-15(5-9-17)18-11-25(12-19(18)21)20(27)10-14-2-6-16(7-3-14)26-13-22-23-24-26/h2-9,13,18-19H,10-12,21H2,1H3/t18-,19+/m0/s1. The van der Waals surface area contributed by atoms with Gasteiger partial charge in [0.1, 0.15) is 12.1 Å². The van der Waals surface area contributed by atoms with Crippen molar-refractivity contribution < 1.29 is 9.53 Å². The Kier molecular flexibility index (Phi) is 5.03. The first-order valence-electron chi connectivity index (χ1n) is 9.13. The molecule has 1 saturated heterocycles. The summed E-state index contributed by atoms with van der Waals surface area (Å²) in [6.45, 7) is 1.20. The Bertz CT molecular complexity index is 924. The van der Waals surface area contributed by atoms with Gasteiger partial charge in [0.15, 0.2) is 0 Å². The van der Waals surface area contributed by atoms with Gasteiger partial charge in [-0.2, -0.15) is 0 Å². The molecular formula is C20H22N6O2. The zero-order chi connectivity index (χ0) is 19.5. The molecule has 0 spiro atoms. The lowest BCUT2D eigenvalue weighted by Gasteiger charge is -2.17. The first-order chi connectivity index (χ1) is 13.6. The monoisotopic (exact) mass is 378 g/mol. The Morgan fingerprint density at radius 1 is 1.14 bits per heavy atom. The normalized spacial score (nSPS) is 19.0. The third-order valence-electron chi connectivity index (χ3n) is 5.17. The number of nitrogens with zero attached hydrogens (tertiary/aromatic N) is 5. The molecule has 0 bridgehead atoms. The number of carbonyl (C=O) groups excluding carboxylic acids is 1. The number of tetrazole rings is 1. The van der Waals surface area contributed by atoms with E-state index in [-0.39, 0.29) is 17.9 Å². The maximum atomic E-state index is 12.8. The molecule has 3 aromatic rings. The van der Waals surface area contributed by atoms with E-state index in [0.717, 1.165) is 22.6 Å². The fraction of sp³-hybridized carbons (Fsp3) is 0.300. The van der Waals surface area contributed by atoms with Gasteiger partial charge in [-0.3, -0.25) is 4.79 Å². The molecule has 1 aliphatic rings. The Morgan fingerprint density at radius 2 is 1.89 bits per heavy atom. The number of rotatable bonds is 5. The van der Waals surface area contributed by atoms with Crippen molar-refractivity contribution in [3.63, 3.8) is 0 Å². The van der Waals surface area contributed by atoms with Crippen molar-refractivity contribution in [2.45, 2.75) is 18.4 Å². The lowest BCUT2D eigenvalue weighted by atomic mass is 9.95. The molecular weight excluding hydrogens is 356 g/mol. The van der Waals surface area contributed by atoms with Crippen LogP contribution in [0.15, 0.2) is 54.9 Å². The number of hydrogen-bond donors (Lipinski definition) is 1. The predicted octanol–water partition coefficient (Wildman–Crippen LogP) is 1.17. The number of ether oxygens (including phenoxy) is 1. The fourth-order valence-corrected chi connectivity index (χ4v) is 3.57. The Hall–Kier alpha value is -3.26. The van der Waals surface area contributed by atoms with Crippen LogP contribution in [0.1, 0.15) is 17.0 Å². The molecule has 144 valence electrons. The van der Waals surface area contributed by atoms with Gasteiger partial charge in [0.25, 0.3) is 0 Å². The summed E-state index contributed by atoms with van der Waals surface area (Å²) in [7, 11) is 1.64. The number of likely N-dealkylation sites (tertiary alicyclic amines) is 1. The summed E-state index contributed by atoms with van der Waals surface area (Å²) in [6, 6.07) is 15.5. The van der Waals surface area contributed by atoms with E-state index in [0.29, 0.717) is 19.5 Å². The molecule has 1 amide bonds. The second-order valence-electron chi connectivity index (χ2n) is 6.94. The van der Waals surface area contributed by atoms with E-state index in [1.165, 1.54) is 6.33 Å². The summed E-state index contributed by atoms with van der Waals surface area (Å²) in [5.41, 5.74) is 9.26. The highest BCUT2D eigenvalue weighted by molar-refractivity contribution is 5.79. The van der Waals surface area contributed by atoms with E-state index in [9.17, 15) is 4.79 Å². The van der Waals surface area contributed by atoms with Crippen molar-refractivity contribution in [1.29, 1.82) is 0 Å². The molecule has 0 unspecified atom stereocenters. The topological polar surface area (TPSA) is 99.2 Å². The van der Waals surface area contributed by atoms with Crippen LogP contribution >= 0.6 is 0 Å². The fourth-order valence-electron chi connectivity index (χ4n) is 3.57.